The van der Waals surface area contributed by atoms with Crippen molar-refractivity contribution in [3.8, 4) is 0 Å². The van der Waals surface area contributed by atoms with Gasteiger partial charge in [0.2, 0.25) is 0 Å². The first-order valence-corrected chi connectivity index (χ1v) is 7.92. The lowest BCUT2D eigenvalue weighted by Crippen LogP contribution is -2.58. The van der Waals surface area contributed by atoms with E-state index in [0.717, 1.165) is 12.3 Å². The zero-order chi connectivity index (χ0) is 14.1. The monoisotopic (exact) mass is 264 g/mol. The van der Waals surface area contributed by atoms with Gasteiger partial charge in [0.05, 0.1) is 6.42 Å². The largest absolute Gasteiger partial charge is 0.459 e. The Bertz CT molecular complexity index is 413. The molecule has 0 radical (unpaired) electrons. The van der Waals surface area contributed by atoms with E-state index < -0.39 is 0 Å². The third kappa shape index (κ3) is 1.64. The molecule has 1 aliphatic heterocycles. The highest BCUT2D eigenvalue weighted by Gasteiger charge is 2.64. The van der Waals surface area contributed by atoms with Gasteiger partial charge in [0, 0.05) is 5.92 Å². The summed E-state index contributed by atoms with van der Waals surface area (Å²) in [5, 5.41) is 0. The minimum absolute atomic E-state index is 0.0324. The molecule has 1 saturated heterocycles. The van der Waals surface area contributed by atoms with Gasteiger partial charge in [-0.3, -0.25) is 4.79 Å². The van der Waals surface area contributed by atoms with Gasteiger partial charge in [-0.2, -0.15) is 0 Å². The van der Waals surface area contributed by atoms with E-state index in [-0.39, 0.29) is 17.0 Å². The number of carbonyl (C=O) groups excluding carboxylic acids is 1. The summed E-state index contributed by atoms with van der Waals surface area (Å²) in [6, 6.07) is 0. The third-order valence-corrected chi connectivity index (χ3v) is 7.11. The molecule has 0 amide bonds. The fourth-order valence-corrected chi connectivity index (χ4v) is 5.84. The normalized spacial score (nSPS) is 52.3. The molecular weight excluding hydrogens is 236 g/mol. The number of esters is 1. The molecule has 0 aromatic carbocycles. The summed E-state index contributed by atoms with van der Waals surface area (Å²) in [4.78, 5) is 11.9. The minimum atomic E-state index is -0.190. The molecule has 2 aliphatic carbocycles. The first-order chi connectivity index (χ1) is 8.70. The van der Waals surface area contributed by atoms with E-state index >= 15 is 0 Å². The quantitative estimate of drug-likeness (QED) is 0.613. The Balaban J connectivity index is 2.05. The van der Waals surface area contributed by atoms with Crippen LogP contribution in [0.3, 0.4) is 0 Å². The van der Waals surface area contributed by atoms with Gasteiger partial charge in [0.25, 0.3) is 0 Å². The van der Waals surface area contributed by atoms with Crippen LogP contribution in [0.15, 0.2) is 0 Å². The van der Waals surface area contributed by atoms with Crippen LogP contribution in [0.4, 0.5) is 0 Å². The van der Waals surface area contributed by atoms with Gasteiger partial charge in [-0.15, -0.1) is 0 Å². The molecule has 3 aliphatic rings. The maximum Gasteiger partial charge on any atom is 0.306 e. The number of carbonyl (C=O) groups is 1. The van der Waals surface area contributed by atoms with Crippen LogP contribution in [-0.2, 0) is 9.53 Å². The number of hydrogen-bond acceptors (Lipinski definition) is 2. The van der Waals surface area contributed by atoms with Crippen molar-refractivity contribution < 1.29 is 9.53 Å². The van der Waals surface area contributed by atoms with Crippen molar-refractivity contribution in [2.45, 2.75) is 72.3 Å². The predicted octanol–water partition coefficient (Wildman–Crippen LogP) is 4.18. The van der Waals surface area contributed by atoms with Crippen molar-refractivity contribution in [3.63, 3.8) is 0 Å². The van der Waals surface area contributed by atoms with E-state index in [1.165, 1.54) is 19.3 Å². The second kappa shape index (κ2) is 3.77. The second-order valence-corrected chi connectivity index (χ2v) is 8.43. The Morgan fingerprint density at radius 1 is 1.05 bits per heavy atom. The van der Waals surface area contributed by atoms with E-state index in [4.69, 9.17) is 4.74 Å². The summed E-state index contributed by atoms with van der Waals surface area (Å²) in [7, 11) is 0. The molecule has 0 spiro atoms. The average Bonchev–Trinajstić information content (AvgIpc) is 2.60. The lowest BCUT2D eigenvalue weighted by molar-refractivity contribution is -0.176. The van der Waals surface area contributed by atoms with Crippen molar-refractivity contribution in [1.82, 2.24) is 0 Å². The molecule has 3 rings (SSSR count). The summed E-state index contributed by atoms with van der Waals surface area (Å²) in [5.41, 5.74) is 0.485. The SMILES string of the molecule is CC1CCC(C)(C)C2CCC3(C)OC(=O)CC3C12C. The van der Waals surface area contributed by atoms with Crippen LogP contribution in [0.25, 0.3) is 0 Å². The average molecular weight is 264 g/mol. The molecule has 0 N–H and O–H groups in total. The van der Waals surface area contributed by atoms with Crippen molar-refractivity contribution in [2.24, 2.45) is 28.6 Å². The van der Waals surface area contributed by atoms with Crippen LogP contribution in [0.5, 0.6) is 0 Å². The molecule has 1 heterocycles. The molecule has 2 heteroatoms. The lowest BCUT2D eigenvalue weighted by Gasteiger charge is -2.62. The Morgan fingerprint density at radius 2 is 1.74 bits per heavy atom. The molecule has 3 fully saturated rings. The Hall–Kier alpha value is -0.530. The van der Waals surface area contributed by atoms with E-state index in [0.29, 0.717) is 23.7 Å². The van der Waals surface area contributed by atoms with E-state index in [2.05, 4.69) is 34.6 Å². The van der Waals surface area contributed by atoms with E-state index in [1.807, 2.05) is 0 Å². The predicted molar refractivity (Wildman–Crippen MR) is 75.6 cm³/mol. The maximum absolute atomic E-state index is 11.9. The first kappa shape index (κ1) is 13.5. The number of hydrogen-bond donors (Lipinski definition) is 0. The van der Waals surface area contributed by atoms with Gasteiger partial charge in [0.1, 0.15) is 5.60 Å². The molecule has 2 saturated carbocycles. The molecule has 2 nitrogen and oxygen atoms in total. The molecular formula is C17H28O2. The third-order valence-electron chi connectivity index (χ3n) is 7.11. The summed E-state index contributed by atoms with van der Waals surface area (Å²) in [6.07, 6.45) is 5.53. The standard InChI is InChI=1S/C17H28O2/c1-11-6-8-15(2,3)12-7-9-16(4)13(17(11,12)5)10-14(18)19-16/h11-13H,6-10H2,1-5H3. The number of ether oxygens (including phenoxy) is 1. The van der Waals surface area contributed by atoms with E-state index in [1.54, 1.807) is 0 Å². The second-order valence-electron chi connectivity index (χ2n) is 8.43. The highest BCUT2D eigenvalue weighted by Crippen LogP contribution is 2.66. The van der Waals surface area contributed by atoms with Gasteiger partial charge in [-0.1, -0.05) is 27.7 Å². The van der Waals surface area contributed by atoms with Crippen LogP contribution in [0, 0.1) is 28.6 Å². The van der Waals surface area contributed by atoms with E-state index in [9.17, 15) is 4.79 Å². The summed E-state index contributed by atoms with van der Waals surface area (Å²) < 4.78 is 5.74. The fourth-order valence-electron chi connectivity index (χ4n) is 5.84. The minimum Gasteiger partial charge on any atom is -0.459 e. The molecule has 5 atom stereocenters. The molecule has 0 aromatic rings. The molecule has 0 bridgehead atoms. The smallest absolute Gasteiger partial charge is 0.306 e. The Kier molecular flexibility index (Phi) is 2.67. The Labute approximate surface area is 117 Å². The lowest BCUT2D eigenvalue weighted by atomic mass is 9.43. The van der Waals surface area contributed by atoms with Gasteiger partial charge < -0.3 is 4.74 Å². The summed E-state index contributed by atoms with van der Waals surface area (Å²) in [5.74, 6) is 1.88. The highest BCUT2D eigenvalue weighted by molar-refractivity contribution is 5.73. The molecule has 0 aromatic heterocycles. The van der Waals surface area contributed by atoms with Crippen LogP contribution in [0.2, 0.25) is 0 Å². The summed E-state index contributed by atoms with van der Waals surface area (Å²) >= 11 is 0. The van der Waals surface area contributed by atoms with Crippen molar-refractivity contribution in [3.05, 3.63) is 0 Å². The van der Waals surface area contributed by atoms with Gasteiger partial charge in [0.15, 0.2) is 0 Å². The van der Waals surface area contributed by atoms with Crippen LogP contribution < -0.4 is 0 Å². The first-order valence-electron chi connectivity index (χ1n) is 7.92. The maximum atomic E-state index is 11.9. The van der Waals surface area contributed by atoms with Gasteiger partial charge >= 0.3 is 5.97 Å². The fraction of sp³-hybridized carbons (Fsp3) is 0.941. The van der Waals surface area contributed by atoms with Crippen LogP contribution >= 0.6 is 0 Å². The zero-order valence-corrected chi connectivity index (χ0v) is 13.1. The molecule has 19 heavy (non-hydrogen) atoms. The van der Waals surface area contributed by atoms with Crippen LogP contribution in [-0.4, -0.2) is 11.6 Å². The van der Waals surface area contributed by atoms with Crippen molar-refractivity contribution >= 4 is 5.97 Å². The number of rotatable bonds is 0. The Morgan fingerprint density at radius 3 is 2.42 bits per heavy atom. The van der Waals surface area contributed by atoms with Gasteiger partial charge in [-0.05, 0) is 55.3 Å². The zero-order valence-electron chi connectivity index (χ0n) is 13.1. The van der Waals surface area contributed by atoms with Crippen molar-refractivity contribution in [1.29, 1.82) is 0 Å². The van der Waals surface area contributed by atoms with Gasteiger partial charge in [-0.25, -0.2) is 0 Å². The number of fused-ring (bicyclic) bond motifs is 3. The van der Waals surface area contributed by atoms with Crippen LogP contribution in [0.1, 0.15) is 66.7 Å². The topological polar surface area (TPSA) is 26.3 Å². The summed E-state index contributed by atoms with van der Waals surface area (Å²) in [6.45, 7) is 11.9. The molecule has 108 valence electrons. The highest BCUT2D eigenvalue weighted by atomic mass is 16.6. The van der Waals surface area contributed by atoms with Crippen molar-refractivity contribution in [2.75, 3.05) is 0 Å². The molecule has 5 unspecified atom stereocenters.